The first-order valence-corrected chi connectivity index (χ1v) is 9.81. The Bertz CT molecular complexity index is 462. The largest absolute Gasteiger partial charge is 0.598 e. The topological polar surface area (TPSA) is 30.9 Å². The van der Waals surface area contributed by atoms with Gasteiger partial charge >= 0.3 is 8.97 Å². The Labute approximate surface area is 146 Å². The minimum absolute atomic E-state index is 0.544. The molecule has 0 saturated carbocycles. The van der Waals surface area contributed by atoms with Crippen molar-refractivity contribution < 1.29 is 13.3 Å². The maximum Gasteiger partial charge on any atom is 0.598 e. The van der Waals surface area contributed by atoms with Crippen molar-refractivity contribution in [2.75, 3.05) is 34.4 Å². The van der Waals surface area contributed by atoms with Crippen LogP contribution in [0.2, 0.25) is 0 Å². The first kappa shape index (κ1) is 20.4. The standard InChI is InChI=1S/C17H28ClNO3Si/c1-6-13-19(23(20-3,21-4)22-5)15-17(18,7-2)14-16-11-9-8-10-12-16/h7-12H,2,6,13-15H2,1,3-5H3. The predicted octanol–water partition coefficient (Wildman–Crippen LogP) is 3.48. The molecular formula is C17H28ClNO3Si. The molecule has 0 fully saturated rings. The van der Waals surface area contributed by atoms with Gasteiger partial charge in [-0.05, 0) is 24.9 Å². The van der Waals surface area contributed by atoms with Gasteiger partial charge in [0.2, 0.25) is 0 Å². The number of hydrogen-bond donors (Lipinski definition) is 0. The molecule has 6 heteroatoms. The summed E-state index contributed by atoms with van der Waals surface area (Å²) in [6.07, 6.45) is 3.42. The molecule has 0 saturated heterocycles. The predicted molar refractivity (Wildman–Crippen MR) is 97.6 cm³/mol. The molecule has 23 heavy (non-hydrogen) atoms. The van der Waals surface area contributed by atoms with Gasteiger partial charge in [-0.1, -0.05) is 43.3 Å². The second-order valence-electron chi connectivity index (χ2n) is 5.46. The second-order valence-corrected chi connectivity index (χ2v) is 9.12. The van der Waals surface area contributed by atoms with Crippen molar-refractivity contribution in [3.05, 3.63) is 48.6 Å². The monoisotopic (exact) mass is 357 g/mol. The Balaban J connectivity index is 3.00. The van der Waals surface area contributed by atoms with E-state index in [0.29, 0.717) is 13.0 Å². The lowest BCUT2D eigenvalue weighted by molar-refractivity contribution is 0.0549. The Kier molecular flexibility index (Phi) is 8.46. The molecular weight excluding hydrogens is 330 g/mol. The minimum atomic E-state index is -2.91. The number of benzene rings is 1. The Morgan fingerprint density at radius 2 is 1.74 bits per heavy atom. The zero-order valence-electron chi connectivity index (χ0n) is 14.5. The summed E-state index contributed by atoms with van der Waals surface area (Å²) >= 11 is 6.86. The van der Waals surface area contributed by atoms with Gasteiger partial charge in [0, 0.05) is 27.9 Å². The van der Waals surface area contributed by atoms with Crippen molar-refractivity contribution in [3.8, 4) is 0 Å². The Hall–Kier alpha value is -0.693. The van der Waals surface area contributed by atoms with Crippen molar-refractivity contribution in [1.29, 1.82) is 0 Å². The van der Waals surface area contributed by atoms with Gasteiger partial charge in [-0.3, -0.25) is 4.57 Å². The summed E-state index contributed by atoms with van der Waals surface area (Å²) in [5.41, 5.74) is 1.17. The van der Waals surface area contributed by atoms with E-state index in [1.807, 2.05) is 18.2 Å². The van der Waals surface area contributed by atoms with E-state index in [4.69, 9.17) is 24.9 Å². The number of nitrogens with zero attached hydrogens (tertiary/aromatic N) is 1. The summed E-state index contributed by atoms with van der Waals surface area (Å²) in [7, 11) is 1.93. The molecule has 4 nitrogen and oxygen atoms in total. The van der Waals surface area contributed by atoms with Crippen LogP contribution in [0.15, 0.2) is 43.0 Å². The molecule has 130 valence electrons. The highest BCUT2D eigenvalue weighted by molar-refractivity contribution is 6.57. The zero-order valence-corrected chi connectivity index (χ0v) is 16.3. The number of rotatable bonds is 11. The molecule has 0 aliphatic carbocycles. The van der Waals surface area contributed by atoms with Gasteiger partial charge in [0.15, 0.2) is 0 Å². The molecule has 0 radical (unpaired) electrons. The molecule has 0 aliphatic rings. The third-order valence-electron chi connectivity index (χ3n) is 3.82. The Morgan fingerprint density at radius 1 is 1.17 bits per heavy atom. The number of hydrogen-bond acceptors (Lipinski definition) is 4. The Morgan fingerprint density at radius 3 is 2.17 bits per heavy atom. The van der Waals surface area contributed by atoms with E-state index in [2.05, 4.69) is 30.2 Å². The van der Waals surface area contributed by atoms with E-state index < -0.39 is 13.8 Å². The number of alkyl halides is 1. The van der Waals surface area contributed by atoms with Gasteiger partial charge in [0.05, 0.1) is 4.87 Å². The minimum Gasteiger partial charge on any atom is -0.364 e. The molecule has 0 N–H and O–H groups in total. The summed E-state index contributed by atoms with van der Waals surface area (Å²) in [6, 6.07) is 10.2. The highest BCUT2D eigenvalue weighted by Crippen LogP contribution is 2.27. The average Bonchev–Trinajstić information content (AvgIpc) is 2.58. The fourth-order valence-electron chi connectivity index (χ4n) is 2.67. The third-order valence-corrected chi connectivity index (χ3v) is 6.93. The third kappa shape index (κ3) is 5.41. The lowest BCUT2D eigenvalue weighted by Crippen LogP contribution is -2.62. The van der Waals surface area contributed by atoms with Gasteiger partial charge in [-0.2, -0.15) is 0 Å². The van der Waals surface area contributed by atoms with E-state index in [-0.39, 0.29) is 0 Å². The maximum atomic E-state index is 6.86. The van der Waals surface area contributed by atoms with Crippen molar-refractivity contribution in [3.63, 3.8) is 0 Å². The molecule has 1 rings (SSSR count). The van der Waals surface area contributed by atoms with E-state index in [1.165, 1.54) is 5.56 Å². The normalized spacial score (nSPS) is 14.7. The molecule has 0 aliphatic heterocycles. The molecule has 1 atom stereocenters. The lowest BCUT2D eigenvalue weighted by Gasteiger charge is -2.39. The summed E-state index contributed by atoms with van der Waals surface area (Å²) in [6.45, 7) is 7.36. The van der Waals surface area contributed by atoms with Crippen molar-refractivity contribution in [2.24, 2.45) is 0 Å². The van der Waals surface area contributed by atoms with Crippen molar-refractivity contribution in [2.45, 2.75) is 24.6 Å². The average molecular weight is 358 g/mol. The van der Waals surface area contributed by atoms with Crippen LogP contribution in [0.4, 0.5) is 0 Å². The number of halogens is 1. The van der Waals surface area contributed by atoms with E-state index >= 15 is 0 Å². The first-order chi connectivity index (χ1) is 11.0. The molecule has 0 aromatic heterocycles. The van der Waals surface area contributed by atoms with Gasteiger partial charge in [-0.15, -0.1) is 18.2 Å². The molecule has 1 aromatic carbocycles. The zero-order chi connectivity index (χ0) is 17.3. The summed E-state index contributed by atoms with van der Waals surface area (Å²) in [5, 5.41) is 0. The lowest BCUT2D eigenvalue weighted by atomic mass is 9.98. The fourth-order valence-corrected chi connectivity index (χ4v) is 5.31. The van der Waals surface area contributed by atoms with Crippen LogP contribution in [0.5, 0.6) is 0 Å². The van der Waals surface area contributed by atoms with Crippen LogP contribution in [0.25, 0.3) is 0 Å². The fraction of sp³-hybridized carbons (Fsp3) is 0.529. The van der Waals surface area contributed by atoms with Crippen molar-refractivity contribution >= 4 is 20.6 Å². The highest BCUT2D eigenvalue weighted by Gasteiger charge is 2.48. The molecule has 0 bridgehead atoms. The van der Waals surface area contributed by atoms with Crippen LogP contribution < -0.4 is 0 Å². The SMILES string of the molecule is C=CC(Cl)(Cc1ccccc1)CN(CCC)[Si](OC)(OC)OC. The van der Waals surface area contributed by atoms with Crippen LogP contribution in [-0.4, -0.2) is 52.8 Å². The highest BCUT2D eigenvalue weighted by atomic mass is 35.5. The maximum absolute atomic E-state index is 6.86. The molecule has 1 aromatic rings. The molecule has 1 unspecified atom stereocenters. The van der Waals surface area contributed by atoms with Gasteiger partial charge < -0.3 is 13.3 Å². The van der Waals surface area contributed by atoms with E-state index in [1.54, 1.807) is 27.4 Å². The van der Waals surface area contributed by atoms with E-state index in [9.17, 15) is 0 Å². The molecule has 0 amide bonds. The van der Waals surface area contributed by atoms with Crippen LogP contribution in [0.1, 0.15) is 18.9 Å². The molecule has 0 spiro atoms. The first-order valence-electron chi connectivity index (χ1n) is 7.76. The molecule has 0 heterocycles. The van der Waals surface area contributed by atoms with Crippen LogP contribution >= 0.6 is 11.6 Å². The van der Waals surface area contributed by atoms with Gasteiger partial charge in [-0.25, -0.2) is 0 Å². The summed E-state index contributed by atoms with van der Waals surface area (Å²) in [4.78, 5) is -0.621. The summed E-state index contributed by atoms with van der Waals surface area (Å²) in [5.74, 6) is 0. The van der Waals surface area contributed by atoms with Crippen LogP contribution in [-0.2, 0) is 19.7 Å². The van der Waals surface area contributed by atoms with Crippen molar-refractivity contribution in [1.82, 2.24) is 4.57 Å². The van der Waals surface area contributed by atoms with Gasteiger partial charge in [0.25, 0.3) is 0 Å². The van der Waals surface area contributed by atoms with Crippen LogP contribution in [0.3, 0.4) is 0 Å². The second kappa shape index (κ2) is 9.57. The smallest absolute Gasteiger partial charge is 0.364 e. The van der Waals surface area contributed by atoms with E-state index in [0.717, 1.165) is 13.0 Å². The van der Waals surface area contributed by atoms with Crippen LogP contribution in [0, 0.1) is 0 Å². The quantitative estimate of drug-likeness (QED) is 0.344. The summed E-state index contributed by atoms with van der Waals surface area (Å²) < 4.78 is 18.9. The van der Waals surface area contributed by atoms with Gasteiger partial charge in [0.1, 0.15) is 0 Å².